The minimum absolute atomic E-state index is 0.0155. The first-order valence-electron chi connectivity index (χ1n) is 9.59. The van der Waals surface area contributed by atoms with Gasteiger partial charge in [-0.15, -0.1) is 0 Å². The molecule has 27 heavy (non-hydrogen) atoms. The van der Waals surface area contributed by atoms with Crippen molar-refractivity contribution < 1.29 is 14.3 Å². The van der Waals surface area contributed by atoms with E-state index < -0.39 is 0 Å². The number of aryl methyl sites for hydroxylation is 1. The molecule has 1 aliphatic heterocycles. The summed E-state index contributed by atoms with van der Waals surface area (Å²) >= 11 is 0. The highest BCUT2D eigenvalue weighted by Gasteiger charge is 2.27. The molecular weight excluding hydrogens is 344 g/mol. The number of hydrogen-bond donors (Lipinski definition) is 0. The number of likely N-dealkylation sites (tertiary alicyclic amines) is 1. The highest BCUT2D eigenvalue weighted by molar-refractivity contribution is 5.92. The zero-order chi connectivity index (χ0) is 19.1. The van der Waals surface area contributed by atoms with E-state index in [-0.39, 0.29) is 12.0 Å². The quantitative estimate of drug-likeness (QED) is 0.666. The molecular formula is C20H28N4O3. The summed E-state index contributed by atoms with van der Waals surface area (Å²) in [7, 11) is 0. The van der Waals surface area contributed by atoms with Gasteiger partial charge in [0.15, 0.2) is 0 Å². The molecule has 3 heterocycles. The number of ether oxygens (including phenoxy) is 2. The second-order valence-corrected chi connectivity index (χ2v) is 6.78. The van der Waals surface area contributed by atoms with Crippen molar-refractivity contribution in [1.29, 1.82) is 0 Å². The van der Waals surface area contributed by atoms with Gasteiger partial charge in [-0.1, -0.05) is 6.07 Å². The Morgan fingerprint density at radius 1 is 1.41 bits per heavy atom. The Morgan fingerprint density at radius 3 is 3.07 bits per heavy atom. The third-order valence-corrected chi connectivity index (χ3v) is 4.65. The number of piperidine rings is 1. The minimum Gasteiger partial charge on any atom is -0.380 e. The molecule has 0 spiro atoms. The Balaban J connectivity index is 1.59. The molecule has 0 saturated carbocycles. The highest BCUT2D eigenvalue weighted by atomic mass is 16.5. The van der Waals surface area contributed by atoms with Gasteiger partial charge in [-0.25, -0.2) is 0 Å². The van der Waals surface area contributed by atoms with Crippen LogP contribution in [0.3, 0.4) is 0 Å². The topological polar surface area (TPSA) is 69.5 Å². The van der Waals surface area contributed by atoms with Crippen molar-refractivity contribution in [3.8, 4) is 0 Å². The van der Waals surface area contributed by atoms with E-state index in [0.717, 1.165) is 30.6 Å². The van der Waals surface area contributed by atoms with Crippen LogP contribution in [0.2, 0.25) is 0 Å². The number of carbonyl (C=O) groups is 1. The summed E-state index contributed by atoms with van der Waals surface area (Å²) in [6, 6.07) is 5.76. The Kier molecular flexibility index (Phi) is 6.95. The lowest BCUT2D eigenvalue weighted by Gasteiger charge is -2.32. The van der Waals surface area contributed by atoms with E-state index in [4.69, 9.17) is 9.47 Å². The van der Waals surface area contributed by atoms with E-state index in [1.165, 1.54) is 0 Å². The van der Waals surface area contributed by atoms with E-state index in [9.17, 15) is 4.79 Å². The van der Waals surface area contributed by atoms with Gasteiger partial charge in [0.2, 0.25) is 0 Å². The lowest BCUT2D eigenvalue weighted by molar-refractivity contribution is -0.00719. The van der Waals surface area contributed by atoms with E-state index in [1.54, 1.807) is 10.9 Å². The predicted octanol–water partition coefficient (Wildman–Crippen LogP) is 2.44. The number of carbonyl (C=O) groups excluding carboxylic acids is 1. The number of amides is 1. The molecule has 0 aliphatic carbocycles. The zero-order valence-electron chi connectivity index (χ0n) is 16.1. The number of aromatic nitrogens is 3. The average molecular weight is 372 g/mol. The first-order valence-corrected chi connectivity index (χ1v) is 9.59. The minimum atomic E-state index is 0.0155. The van der Waals surface area contributed by atoms with Crippen molar-refractivity contribution in [1.82, 2.24) is 19.7 Å². The molecule has 0 unspecified atom stereocenters. The van der Waals surface area contributed by atoms with Gasteiger partial charge in [0, 0.05) is 32.1 Å². The van der Waals surface area contributed by atoms with E-state index >= 15 is 0 Å². The second kappa shape index (κ2) is 9.62. The molecule has 7 nitrogen and oxygen atoms in total. The molecule has 1 amide bonds. The molecule has 3 rings (SSSR count). The van der Waals surface area contributed by atoms with Crippen LogP contribution in [0.5, 0.6) is 0 Å². The number of pyridine rings is 1. The molecule has 0 N–H and O–H groups in total. The Bertz CT molecular complexity index is 732. The van der Waals surface area contributed by atoms with Crippen LogP contribution in [0.4, 0.5) is 0 Å². The molecule has 7 heteroatoms. The van der Waals surface area contributed by atoms with Gasteiger partial charge in [0.05, 0.1) is 31.6 Å². The first kappa shape index (κ1) is 19.5. The van der Waals surface area contributed by atoms with Crippen molar-refractivity contribution >= 4 is 5.91 Å². The summed E-state index contributed by atoms with van der Waals surface area (Å²) in [6.45, 7) is 7.53. The molecule has 1 atom stereocenters. The number of nitrogens with zero attached hydrogens (tertiary/aromatic N) is 4. The smallest absolute Gasteiger partial charge is 0.272 e. The van der Waals surface area contributed by atoms with Gasteiger partial charge < -0.3 is 14.4 Å². The fourth-order valence-electron chi connectivity index (χ4n) is 3.30. The summed E-state index contributed by atoms with van der Waals surface area (Å²) in [5.41, 5.74) is 2.52. The van der Waals surface area contributed by atoms with E-state index in [2.05, 4.69) is 10.1 Å². The third-order valence-electron chi connectivity index (χ3n) is 4.65. The lowest BCUT2D eigenvalue weighted by Crippen LogP contribution is -2.43. The molecule has 0 bridgehead atoms. The van der Waals surface area contributed by atoms with Crippen LogP contribution in [-0.4, -0.2) is 58.0 Å². The van der Waals surface area contributed by atoms with Crippen molar-refractivity contribution in [3.63, 3.8) is 0 Å². The van der Waals surface area contributed by atoms with Crippen LogP contribution in [0, 0.1) is 6.92 Å². The van der Waals surface area contributed by atoms with Gasteiger partial charge in [-0.2, -0.15) is 5.10 Å². The lowest BCUT2D eigenvalue weighted by atomic mass is 10.1. The molecule has 1 aliphatic rings. The molecule has 0 aromatic carbocycles. The maximum absolute atomic E-state index is 13.0. The van der Waals surface area contributed by atoms with Gasteiger partial charge >= 0.3 is 0 Å². The maximum Gasteiger partial charge on any atom is 0.272 e. The van der Waals surface area contributed by atoms with E-state index in [0.29, 0.717) is 38.6 Å². The molecule has 1 saturated heterocycles. The van der Waals surface area contributed by atoms with Crippen LogP contribution >= 0.6 is 0 Å². The Labute approximate surface area is 160 Å². The van der Waals surface area contributed by atoms with Crippen LogP contribution in [0.1, 0.15) is 41.5 Å². The van der Waals surface area contributed by atoms with Crippen LogP contribution in [0.15, 0.2) is 30.6 Å². The van der Waals surface area contributed by atoms with Gasteiger partial charge in [-0.3, -0.25) is 14.5 Å². The maximum atomic E-state index is 13.0. The normalized spacial score (nSPS) is 17.3. The first-order chi connectivity index (χ1) is 13.2. The zero-order valence-corrected chi connectivity index (χ0v) is 16.1. The van der Waals surface area contributed by atoms with Gasteiger partial charge in [-0.05, 0) is 44.4 Å². The highest BCUT2D eigenvalue weighted by Crippen LogP contribution is 2.18. The van der Waals surface area contributed by atoms with Gasteiger partial charge in [0.25, 0.3) is 5.91 Å². The fraction of sp³-hybridized carbons (Fsp3) is 0.550. The second-order valence-electron chi connectivity index (χ2n) is 6.78. The summed E-state index contributed by atoms with van der Waals surface area (Å²) in [6.07, 6.45) is 5.51. The van der Waals surface area contributed by atoms with Crippen LogP contribution in [-0.2, 0) is 22.6 Å². The summed E-state index contributed by atoms with van der Waals surface area (Å²) in [5.74, 6) is 0.0155. The third kappa shape index (κ3) is 5.37. The standard InChI is InChI=1S/C20H28N4O3/c1-3-26-11-10-24-19(12-16(2)22-24)20(25)23-9-5-7-18(14-23)27-15-17-6-4-8-21-13-17/h4,6,8,12-13,18H,3,5,7,9-11,14-15H2,1-2H3/t18-/m1/s1. The molecule has 2 aromatic heterocycles. The summed E-state index contributed by atoms with van der Waals surface area (Å²) in [4.78, 5) is 19.0. The molecule has 146 valence electrons. The van der Waals surface area contributed by atoms with E-state index in [1.807, 2.05) is 43.1 Å². The summed E-state index contributed by atoms with van der Waals surface area (Å²) < 4.78 is 13.2. The van der Waals surface area contributed by atoms with Crippen molar-refractivity contribution in [2.24, 2.45) is 0 Å². The van der Waals surface area contributed by atoms with Crippen molar-refractivity contribution in [2.45, 2.75) is 45.9 Å². The largest absolute Gasteiger partial charge is 0.380 e. The Hall–Kier alpha value is -2.25. The monoisotopic (exact) mass is 372 g/mol. The predicted molar refractivity (Wildman–Crippen MR) is 101 cm³/mol. The molecule has 2 aromatic rings. The summed E-state index contributed by atoms with van der Waals surface area (Å²) in [5, 5.41) is 4.44. The Morgan fingerprint density at radius 2 is 2.30 bits per heavy atom. The molecule has 0 radical (unpaired) electrons. The average Bonchev–Trinajstić information content (AvgIpc) is 3.07. The number of rotatable bonds is 8. The number of hydrogen-bond acceptors (Lipinski definition) is 5. The SMILES string of the molecule is CCOCCn1nc(C)cc1C(=O)N1CCC[C@@H](OCc2cccnc2)C1. The fourth-order valence-corrected chi connectivity index (χ4v) is 3.30. The van der Waals surface area contributed by atoms with Crippen LogP contribution in [0.25, 0.3) is 0 Å². The van der Waals surface area contributed by atoms with Gasteiger partial charge in [0.1, 0.15) is 5.69 Å². The molecule has 1 fully saturated rings. The van der Waals surface area contributed by atoms with Crippen molar-refractivity contribution in [2.75, 3.05) is 26.3 Å². The van der Waals surface area contributed by atoms with Crippen LogP contribution < -0.4 is 0 Å². The van der Waals surface area contributed by atoms with Crippen molar-refractivity contribution in [3.05, 3.63) is 47.5 Å².